The lowest BCUT2D eigenvalue weighted by molar-refractivity contribution is 0.587. The predicted molar refractivity (Wildman–Crippen MR) is 73.8 cm³/mol. The number of aromatic nitrogens is 1. The maximum Gasteiger partial charge on any atom is 0.150 e. The average molecular weight is 279 g/mol. The van der Waals surface area contributed by atoms with E-state index in [1.165, 1.54) is 0 Å². The molecule has 0 amide bonds. The minimum Gasteiger partial charge on any atom is -0.389 e. The van der Waals surface area contributed by atoms with Crippen LogP contribution in [-0.4, -0.2) is 9.97 Å². The van der Waals surface area contributed by atoms with Gasteiger partial charge in [0.1, 0.15) is 22.3 Å². The van der Waals surface area contributed by atoms with E-state index < -0.39 is 11.6 Å². The van der Waals surface area contributed by atoms with Crippen LogP contribution in [0.25, 0.3) is 0 Å². The molecule has 0 radical (unpaired) electrons. The Hall–Kier alpha value is -2.08. The van der Waals surface area contributed by atoms with Gasteiger partial charge in [-0.3, -0.25) is 4.98 Å². The minimum absolute atomic E-state index is 0.0448. The van der Waals surface area contributed by atoms with E-state index in [0.29, 0.717) is 0 Å². The molecule has 0 unspecified atom stereocenters. The average Bonchev–Trinajstić information content (AvgIpc) is 2.38. The summed E-state index contributed by atoms with van der Waals surface area (Å²) in [5.41, 5.74) is 6.11. The Kier molecular flexibility index (Phi) is 4.01. The Labute approximate surface area is 114 Å². The summed E-state index contributed by atoms with van der Waals surface area (Å²) < 4.78 is 27.5. The van der Waals surface area contributed by atoms with E-state index in [9.17, 15) is 8.78 Å². The first-order valence-corrected chi connectivity index (χ1v) is 5.90. The molecule has 2 aromatic rings. The van der Waals surface area contributed by atoms with E-state index in [1.54, 1.807) is 24.5 Å². The molecule has 0 atom stereocenters. The van der Waals surface area contributed by atoms with E-state index in [-0.39, 0.29) is 22.8 Å². The van der Waals surface area contributed by atoms with Crippen LogP contribution < -0.4 is 11.1 Å². The monoisotopic (exact) mass is 279 g/mol. The third-order valence-electron chi connectivity index (χ3n) is 2.52. The Morgan fingerprint density at radius 2 is 2.00 bits per heavy atom. The van der Waals surface area contributed by atoms with Crippen LogP contribution in [-0.2, 0) is 6.54 Å². The summed E-state index contributed by atoms with van der Waals surface area (Å²) in [5.74, 6) is -1.46. The third-order valence-corrected chi connectivity index (χ3v) is 2.75. The first-order valence-electron chi connectivity index (χ1n) is 5.49. The van der Waals surface area contributed by atoms with Crippen LogP contribution in [0.5, 0.6) is 0 Å². The van der Waals surface area contributed by atoms with Gasteiger partial charge in [0, 0.05) is 24.5 Å². The SMILES string of the molecule is NC(=S)c1cc(F)c(NCc2cccnc2)c(F)c1. The lowest BCUT2D eigenvalue weighted by Crippen LogP contribution is -2.12. The maximum absolute atomic E-state index is 13.7. The molecule has 0 fully saturated rings. The van der Waals surface area contributed by atoms with Crippen molar-refractivity contribution < 1.29 is 8.78 Å². The molecular weight excluding hydrogens is 268 g/mol. The second-order valence-electron chi connectivity index (χ2n) is 3.89. The molecule has 0 saturated carbocycles. The minimum atomic E-state index is -0.730. The van der Waals surface area contributed by atoms with Gasteiger partial charge in [-0.15, -0.1) is 0 Å². The second kappa shape index (κ2) is 5.71. The molecular formula is C13H11F2N3S. The molecule has 98 valence electrons. The highest BCUT2D eigenvalue weighted by molar-refractivity contribution is 7.80. The molecule has 6 heteroatoms. The lowest BCUT2D eigenvalue weighted by Gasteiger charge is -2.10. The number of pyridine rings is 1. The number of hydrogen-bond donors (Lipinski definition) is 2. The quantitative estimate of drug-likeness (QED) is 0.845. The molecule has 1 aromatic carbocycles. The molecule has 1 aromatic heterocycles. The Morgan fingerprint density at radius 1 is 1.32 bits per heavy atom. The number of thiocarbonyl (C=S) groups is 1. The maximum atomic E-state index is 13.7. The smallest absolute Gasteiger partial charge is 0.150 e. The van der Waals surface area contributed by atoms with Crippen LogP contribution in [0.3, 0.4) is 0 Å². The van der Waals surface area contributed by atoms with Gasteiger partial charge >= 0.3 is 0 Å². The van der Waals surface area contributed by atoms with Crippen LogP contribution in [0.4, 0.5) is 14.5 Å². The van der Waals surface area contributed by atoms with Gasteiger partial charge in [-0.05, 0) is 23.8 Å². The molecule has 19 heavy (non-hydrogen) atoms. The standard InChI is InChI=1S/C13H11F2N3S/c14-10-4-9(13(16)19)5-11(15)12(10)18-7-8-2-1-3-17-6-8/h1-6,18H,7H2,(H2,16,19). The molecule has 0 aliphatic heterocycles. The van der Waals surface area contributed by atoms with Crippen LogP contribution in [0.15, 0.2) is 36.7 Å². The molecule has 2 rings (SSSR count). The molecule has 0 saturated heterocycles. The van der Waals surface area contributed by atoms with Gasteiger partial charge in [-0.1, -0.05) is 18.3 Å². The van der Waals surface area contributed by atoms with Crippen molar-refractivity contribution in [2.45, 2.75) is 6.54 Å². The molecule has 0 aliphatic rings. The highest BCUT2D eigenvalue weighted by Gasteiger charge is 2.12. The number of nitrogens with zero attached hydrogens (tertiary/aromatic N) is 1. The number of benzene rings is 1. The third kappa shape index (κ3) is 3.23. The summed E-state index contributed by atoms with van der Waals surface area (Å²) in [6.07, 6.45) is 3.24. The summed E-state index contributed by atoms with van der Waals surface area (Å²) in [7, 11) is 0. The van der Waals surface area contributed by atoms with Crippen LogP contribution in [0, 0.1) is 11.6 Å². The van der Waals surface area contributed by atoms with Gasteiger partial charge < -0.3 is 11.1 Å². The summed E-state index contributed by atoms with van der Waals surface area (Å²) in [6, 6.07) is 5.77. The number of nitrogens with two attached hydrogens (primary N) is 1. The van der Waals surface area contributed by atoms with Crippen molar-refractivity contribution in [1.29, 1.82) is 0 Å². The lowest BCUT2D eigenvalue weighted by atomic mass is 10.1. The number of halogens is 2. The number of hydrogen-bond acceptors (Lipinski definition) is 3. The molecule has 0 spiro atoms. The van der Waals surface area contributed by atoms with Gasteiger partial charge in [0.15, 0.2) is 0 Å². The molecule has 3 nitrogen and oxygen atoms in total. The zero-order valence-corrected chi connectivity index (χ0v) is 10.7. The molecule has 1 heterocycles. The van der Waals surface area contributed by atoms with Gasteiger partial charge in [0.2, 0.25) is 0 Å². The van der Waals surface area contributed by atoms with Gasteiger partial charge in [-0.2, -0.15) is 0 Å². The van der Waals surface area contributed by atoms with Crippen molar-refractivity contribution in [2.75, 3.05) is 5.32 Å². The first-order chi connectivity index (χ1) is 9.08. The van der Waals surface area contributed by atoms with Crippen molar-refractivity contribution in [1.82, 2.24) is 4.98 Å². The molecule has 0 bridgehead atoms. The number of anilines is 1. The van der Waals surface area contributed by atoms with Gasteiger partial charge in [0.25, 0.3) is 0 Å². The number of rotatable bonds is 4. The van der Waals surface area contributed by atoms with Crippen LogP contribution in [0.2, 0.25) is 0 Å². The Balaban J connectivity index is 2.19. The van der Waals surface area contributed by atoms with E-state index in [4.69, 9.17) is 5.73 Å². The van der Waals surface area contributed by atoms with E-state index in [1.807, 2.05) is 0 Å². The van der Waals surface area contributed by atoms with Crippen molar-refractivity contribution in [3.05, 3.63) is 59.4 Å². The molecule has 0 aliphatic carbocycles. The van der Waals surface area contributed by atoms with E-state index in [2.05, 4.69) is 22.5 Å². The topological polar surface area (TPSA) is 50.9 Å². The van der Waals surface area contributed by atoms with Crippen LogP contribution >= 0.6 is 12.2 Å². The summed E-state index contributed by atoms with van der Waals surface area (Å²) in [6.45, 7) is 0.272. The molecule has 3 N–H and O–H groups in total. The van der Waals surface area contributed by atoms with E-state index in [0.717, 1.165) is 17.7 Å². The number of nitrogens with one attached hydrogen (secondary N) is 1. The van der Waals surface area contributed by atoms with Crippen molar-refractivity contribution >= 4 is 22.9 Å². The van der Waals surface area contributed by atoms with Crippen molar-refractivity contribution in [2.24, 2.45) is 5.73 Å². The highest BCUT2D eigenvalue weighted by atomic mass is 32.1. The second-order valence-corrected chi connectivity index (χ2v) is 4.33. The fraction of sp³-hybridized carbons (Fsp3) is 0.0769. The van der Waals surface area contributed by atoms with Gasteiger partial charge in [-0.25, -0.2) is 8.78 Å². The van der Waals surface area contributed by atoms with Crippen molar-refractivity contribution in [3.8, 4) is 0 Å². The first kappa shape index (κ1) is 13.4. The Bertz CT molecular complexity index is 579. The zero-order valence-electron chi connectivity index (χ0n) is 9.86. The highest BCUT2D eigenvalue weighted by Crippen LogP contribution is 2.21. The van der Waals surface area contributed by atoms with Crippen LogP contribution in [0.1, 0.15) is 11.1 Å². The summed E-state index contributed by atoms with van der Waals surface area (Å²) >= 11 is 4.68. The predicted octanol–water partition coefficient (Wildman–Crippen LogP) is 2.61. The Morgan fingerprint density at radius 3 is 2.53 bits per heavy atom. The van der Waals surface area contributed by atoms with Gasteiger partial charge in [0.05, 0.1) is 0 Å². The summed E-state index contributed by atoms with van der Waals surface area (Å²) in [5, 5.41) is 2.69. The fourth-order valence-corrected chi connectivity index (χ4v) is 1.70. The largest absolute Gasteiger partial charge is 0.389 e. The normalized spacial score (nSPS) is 10.2. The van der Waals surface area contributed by atoms with E-state index >= 15 is 0 Å². The fourth-order valence-electron chi connectivity index (χ4n) is 1.58. The van der Waals surface area contributed by atoms with Crippen molar-refractivity contribution in [3.63, 3.8) is 0 Å². The zero-order chi connectivity index (χ0) is 13.8. The summed E-state index contributed by atoms with van der Waals surface area (Å²) in [4.78, 5) is 3.87.